The fourth-order valence-electron chi connectivity index (χ4n) is 4.65. The summed E-state index contributed by atoms with van der Waals surface area (Å²) in [6, 6.07) is 6.22. The van der Waals surface area contributed by atoms with E-state index in [2.05, 4.69) is 15.4 Å². The molecule has 2 amide bonds. The number of sulfone groups is 1. The van der Waals surface area contributed by atoms with Gasteiger partial charge in [-0.3, -0.25) is 24.8 Å². The van der Waals surface area contributed by atoms with Crippen LogP contribution in [0.3, 0.4) is 0 Å². The standard InChI is InChI=1S/C25H29F3N6O4S2/c26-25(27,28)23(36)33-13-11-32(12-14-33)16-18-15-29-24(39-18)30-22(35)21(31-34-9-1-2-10-34)17-3-5-19(6-4-17)40(37,38)20-7-8-20/h3-6,15,20H,1-2,7-14,16H2,(H,29,30,35). The summed E-state index contributed by atoms with van der Waals surface area (Å²) in [5, 5.41) is 9.18. The van der Waals surface area contributed by atoms with Gasteiger partial charge in [0.25, 0.3) is 5.91 Å². The van der Waals surface area contributed by atoms with Gasteiger partial charge in [0.2, 0.25) is 0 Å². The number of hydrogen-bond donors (Lipinski definition) is 1. The highest BCUT2D eigenvalue weighted by molar-refractivity contribution is 7.92. The second-order valence-electron chi connectivity index (χ2n) is 10.0. The van der Waals surface area contributed by atoms with Crippen molar-refractivity contribution in [2.24, 2.45) is 5.10 Å². The quantitative estimate of drug-likeness (QED) is 0.465. The van der Waals surface area contributed by atoms with Crippen molar-refractivity contribution >= 4 is 43.8 Å². The van der Waals surface area contributed by atoms with Crippen molar-refractivity contribution < 1.29 is 31.2 Å². The molecule has 3 aliphatic rings. The molecular formula is C25H29F3N6O4S2. The summed E-state index contributed by atoms with van der Waals surface area (Å²) >= 11 is 1.24. The van der Waals surface area contributed by atoms with Crippen molar-refractivity contribution in [3.05, 3.63) is 40.9 Å². The van der Waals surface area contributed by atoms with Crippen molar-refractivity contribution in [2.75, 3.05) is 44.6 Å². The van der Waals surface area contributed by atoms with Crippen LogP contribution >= 0.6 is 11.3 Å². The lowest BCUT2D eigenvalue weighted by Gasteiger charge is -2.34. The number of halogens is 3. The number of hydrogen-bond acceptors (Lipinski definition) is 9. The fraction of sp³-hybridized carbons (Fsp3) is 0.520. The molecule has 0 bridgehead atoms. The molecule has 40 heavy (non-hydrogen) atoms. The van der Waals surface area contributed by atoms with E-state index in [0.29, 0.717) is 56.3 Å². The Morgan fingerprint density at radius 2 is 1.68 bits per heavy atom. The summed E-state index contributed by atoms with van der Waals surface area (Å²) in [4.78, 5) is 32.8. The maximum absolute atomic E-state index is 13.3. The van der Waals surface area contributed by atoms with E-state index in [-0.39, 0.29) is 28.9 Å². The molecule has 1 N–H and O–H groups in total. The molecule has 1 aliphatic carbocycles. The predicted molar refractivity (Wildman–Crippen MR) is 143 cm³/mol. The molecule has 1 aromatic heterocycles. The zero-order valence-corrected chi connectivity index (χ0v) is 23.2. The molecule has 0 atom stereocenters. The maximum atomic E-state index is 13.3. The monoisotopic (exact) mass is 598 g/mol. The summed E-state index contributed by atoms with van der Waals surface area (Å²) in [7, 11) is -3.36. The lowest BCUT2D eigenvalue weighted by molar-refractivity contribution is -0.187. The number of piperazine rings is 1. The average Bonchev–Trinajstić information content (AvgIpc) is 3.51. The van der Waals surface area contributed by atoms with Crippen molar-refractivity contribution in [3.63, 3.8) is 0 Å². The van der Waals surface area contributed by atoms with Crippen LogP contribution in [0.4, 0.5) is 18.3 Å². The van der Waals surface area contributed by atoms with Crippen LogP contribution in [0, 0.1) is 0 Å². The fourth-order valence-corrected chi connectivity index (χ4v) is 7.16. The number of thiazole rings is 1. The number of hydrazone groups is 1. The lowest BCUT2D eigenvalue weighted by Crippen LogP contribution is -2.51. The number of nitrogens with one attached hydrogen (secondary N) is 1. The summed E-state index contributed by atoms with van der Waals surface area (Å²) in [5.74, 6) is -2.30. The number of carbonyl (C=O) groups excluding carboxylic acids is 2. The van der Waals surface area contributed by atoms with Crippen LogP contribution in [0.15, 0.2) is 40.5 Å². The van der Waals surface area contributed by atoms with E-state index in [4.69, 9.17) is 0 Å². The molecule has 0 radical (unpaired) electrons. The SMILES string of the molecule is O=C(Nc1ncc(CN2CCN(C(=O)C(F)(F)F)CC2)s1)C(=NN1CCCC1)c1ccc(S(=O)(=O)C2CC2)cc1. The van der Waals surface area contributed by atoms with Crippen LogP contribution in [0.5, 0.6) is 0 Å². The Hall–Kier alpha value is -3.04. The van der Waals surface area contributed by atoms with Gasteiger partial charge in [-0.15, -0.1) is 11.3 Å². The third kappa shape index (κ3) is 6.63. The second-order valence-corrected chi connectivity index (χ2v) is 13.4. The zero-order chi connectivity index (χ0) is 28.5. The van der Waals surface area contributed by atoms with Gasteiger partial charge in [-0.1, -0.05) is 12.1 Å². The molecule has 3 heterocycles. The minimum atomic E-state index is -4.87. The normalized spacial score (nSPS) is 19.2. The first kappa shape index (κ1) is 28.5. The molecule has 5 rings (SSSR count). The first-order chi connectivity index (χ1) is 19.0. The van der Waals surface area contributed by atoms with E-state index in [0.717, 1.165) is 22.6 Å². The Labute approximate surface area is 233 Å². The van der Waals surface area contributed by atoms with Gasteiger partial charge < -0.3 is 4.90 Å². The van der Waals surface area contributed by atoms with Crippen molar-refractivity contribution in [3.8, 4) is 0 Å². The van der Waals surface area contributed by atoms with Crippen LogP contribution in [0.2, 0.25) is 0 Å². The molecule has 2 aromatic rings. The molecule has 0 spiro atoms. The highest BCUT2D eigenvalue weighted by atomic mass is 32.2. The van der Waals surface area contributed by atoms with E-state index in [1.807, 2.05) is 9.91 Å². The molecule has 3 fully saturated rings. The maximum Gasteiger partial charge on any atom is 0.471 e. The van der Waals surface area contributed by atoms with Crippen molar-refractivity contribution in [2.45, 2.75) is 48.5 Å². The molecule has 10 nitrogen and oxygen atoms in total. The Morgan fingerprint density at radius 1 is 1.02 bits per heavy atom. The number of carbonyl (C=O) groups is 2. The smallest absolute Gasteiger partial charge is 0.332 e. The Bertz CT molecular complexity index is 1380. The lowest BCUT2D eigenvalue weighted by atomic mass is 10.1. The third-order valence-corrected chi connectivity index (χ3v) is 10.2. The first-order valence-electron chi connectivity index (χ1n) is 13.0. The van der Waals surface area contributed by atoms with E-state index in [9.17, 15) is 31.2 Å². The first-order valence-corrected chi connectivity index (χ1v) is 15.4. The van der Waals surface area contributed by atoms with E-state index >= 15 is 0 Å². The highest BCUT2D eigenvalue weighted by Crippen LogP contribution is 2.33. The number of rotatable bonds is 8. The van der Waals surface area contributed by atoms with Gasteiger partial charge in [-0.2, -0.15) is 18.3 Å². The van der Waals surface area contributed by atoms with Gasteiger partial charge in [0.15, 0.2) is 20.7 Å². The minimum Gasteiger partial charge on any atom is -0.332 e. The molecule has 2 saturated heterocycles. The van der Waals surface area contributed by atoms with Crippen molar-refractivity contribution in [1.29, 1.82) is 0 Å². The molecular weight excluding hydrogens is 569 g/mol. The largest absolute Gasteiger partial charge is 0.471 e. The van der Waals surface area contributed by atoms with Gasteiger partial charge in [0.1, 0.15) is 0 Å². The number of aromatic nitrogens is 1. The van der Waals surface area contributed by atoms with E-state index in [1.54, 1.807) is 18.3 Å². The number of benzene rings is 1. The van der Waals surface area contributed by atoms with E-state index in [1.165, 1.54) is 23.5 Å². The Kier molecular flexibility index (Phi) is 8.15. The summed E-state index contributed by atoms with van der Waals surface area (Å²) in [6.07, 6.45) is -0.0186. The average molecular weight is 599 g/mol. The zero-order valence-electron chi connectivity index (χ0n) is 21.6. The highest BCUT2D eigenvalue weighted by Gasteiger charge is 2.43. The van der Waals surface area contributed by atoms with Crippen LogP contribution in [-0.2, 0) is 26.0 Å². The van der Waals surface area contributed by atoms with Gasteiger partial charge >= 0.3 is 12.1 Å². The topological polar surface area (TPSA) is 115 Å². The Balaban J connectivity index is 1.23. The predicted octanol–water partition coefficient (Wildman–Crippen LogP) is 2.72. The molecule has 15 heteroatoms. The molecule has 0 unspecified atom stereocenters. The summed E-state index contributed by atoms with van der Waals surface area (Å²) < 4.78 is 63.2. The molecule has 1 saturated carbocycles. The number of amides is 2. The number of alkyl halides is 3. The van der Waals surface area contributed by atoms with Crippen LogP contribution in [0.25, 0.3) is 0 Å². The molecule has 1 aromatic carbocycles. The molecule has 2 aliphatic heterocycles. The number of anilines is 1. The van der Waals surface area contributed by atoms with Gasteiger partial charge in [-0.05, 0) is 37.8 Å². The van der Waals surface area contributed by atoms with Crippen LogP contribution in [-0.4, -0.2) is 96.4 Å². The minimum absolute atomic E-state index is 0.0161. The molecule has 216 valence electrons. The van der Waals surface area contributed by atoms with Crippen LogP contribution < -0.4 is 5.32 Å². The van der Waals surface area contributed by atoms with Gasteiger partial charge in [0.05, 0.1) is 10.1 Å². The summed E-state index contributed by atoms with van der Waals surface area (Å²) in [6.45, 7) is 2.41. The summed E-state index contributed by atoms with van der Waals surface area (Å²) in [5.41, 5.74) is 0.640. The van der Waals surface area contributed by atoms with Crippen LogP contribution in [0.1, 0.15) is 36.1 Å². The van der Waals surface area contributed by atoms with Gasteiger partial charge in [0, 0.05) is 62.5 Å². The van der Waals surface area contributed by atoms with E-state index < -0.39 is 27.8 Å². The number of nitrogens with zero attached hydrogens (tertiary/aromatic N) is 5. The van der Waals surface area contributed by atoms with Crippen molar-refractivity contribution in [1.82, 2.24) is 19.8 Å². The Morgan fingerprint density at radius 3 is 2.27 bits per heavy atom. The van der Waals surface area contributed by atoms with Gasteiger partial charge in [-0.25, -0.2) is 13.4 Å². The third-order valence-electron chi connectivity index (χ3n) is 7.01. The second kappa shape index (κ2) is 11.4.